The highest BCUT2D eigenvalue weighted by Crippen LogP contribution is 2.47. The van der Waals surface area contributed by atoms with E-state index in [4.69, 9.17) is 10.5 Å². The van der Waals surface area contributed by atoms with Gasteiger partial charge in [0.2, 0.25) is 0 Å². The first-order valence-electron chi connectivity index (χ1n) is 5.09. The lowest BCUT2D eigenvalue weighted by Gasteiger charge is -2.13. The summed E-state index contributed by atoms with van der Waals surface area (Å²) in [5.74, 6) is 0. The quantitative estimate of drug-likeness (QED) is 0.788. The number of benzene rings is 1. The molecule has 0 radical (unpaired) electrons. The molecule has 2 rings (SSSR count). The number of nitrogens with two attached hydrogens (primary N) is 1. The Balaban J connectivity index is 2.22. The molecule has 2 N–H and O–H groups in total. The summed E-state index contributed by atoms with van der Waals surface area (Å²) < 4.78 is 5.12. The van der Waals surface area contributed by atoms with E-state index in [0.717, 1.165) is 6.54 Å². The average Bonchev–Trinajstić information content (AvgIpc) is 2.99. The maximum absolute atomic E-state index is 5.79. The third-order valence-corrected chi connectivity index (χ3v) is 3.09. The largest absolute Gasteiger partial charge is 0.380 e. The van der Waals surface area contributed by atoms with Crippen molar-refractivity contribution in [2.24, 2.45) is 5.73 Å². The SMILES string of the molecule is COCc1cccc(C2(CN)CC2)c1. The Hall–Kier alpha value is -0.860. The summed E-state index contributed by atoms with van der Waals surface area (Å²) in [4.78, 5) is 0. The van der Waals surface area contributed by atoms with Crippen molar-refractivity contribution < 1.29 is 4.74 Å². The number of methoxy groups -OCH3 is 1. The fourth-order valence-electron chi connectivity index (χ4n) is 1.92. The van der Waals surface area contributed by atoms with Crippen LogP contribution < -0.4 is 5.73 Å². The lowest BCUT2D eigenvalue weighted by Crippen LogP contribution is -2.19. The molecule has 1 aromatic carbocycles. The molecule has 1 fully saturated rings. The molecule has 0 atom stereocenters. The topological polar surface area (TPSA) is 35.2 Å². The summed E-state index contributed by atoms with van der Waals surface area (Å²) in [5.41, 5.74) is 8.71. The summed E-state index contributed by atoms with van der Waals surface area (Å²) >= 11 is 0. The number of hydrogen-bond acceptors (Lipinski definition) is 2. The zero-order chi connectivity index (χ0) is 10.0. The molecule has 0 saturated heterocycles. The van der Waals surface area contributed by atoms with Crippen LogP contribution >= 0.6 is 0 Å². The first kappa shape index (κ1) is 9.69. The smallest absolute Gasteiger partial charge is 0.0713 e. The van der Waals surface area contributed by atoms with Gasteiger partial charge in [0.05, 0.1) is 6.61 Å². The van der Waals surface area contributed by atoms with Crippen molar-refractivity contribution in [2.45, 2.75) is 24.9 Å². The van der Waals surface area contributed by atoms with Crippen LogP contribution in [0, 0.1) is 0 Å². The van der Waals surface area contributed by atoms with E-state index in [1.807, 2.05) is 0 Å². The van der Waals surface area contributed by atoms with Crippen LogP contribution in [0.5, 0.6) is 0 Å². The predicted molar refractivity (Wildman–Crippen MR) is 57.1 cm³/mol. The van der Waals surface area contributed by atoms with E-state index in [2.05, 4.69) is 24.3 Å². The Morgan fingerprint density at radius 1 is 1.43 bits per heavy atom. The van der Waals surface area contributed by atoms with E-state index < -0.39 is 0 Å². The van der Waals surface area contributed by atoms with E-state index in [1.165, 1.54) is 24.0 Å². The summed E-state index contributed by atoms with van der Waals surface area (Å²) in [7, 11) is 1.72. The Labute approximate surface area is 85.1 Å². The monoisotopic (exact) mass is 191 g/mol. The highest BCUT2D eigenvalue weighted by atomic mass is 16.5. The van der Waals surface area contributed by atoms with Crippen LogP contribution in [0.25, 0.3) is 0 Å². The first-order valence-corrected chi connectivity index (χ1v) is 5.09. The van der Waals surface area contributed by atoms with Crippen LogP contribution in [-0.4, -0.2) is 13.7 Å². The molecule has 1 aromatic rings. The van der Waals surface area contributed by atoms with Crippen LogP contribution in [0.4, 0.5) is 0 Å². The van der Waals surface area contributed by atoms with Crippen molar-refractivity contribution in [3.63, 3.8) is 0 Å². The molecule has 76 valence electrons. The van der Waals surface area contributed by atoms with Gasteiger partial charge in [-0.15, -0.1) is 0 Å². The molecule has 0 heterocycles. The minimum atomic E-state index is 0.295. The van der Waals surface area contributed by atoms with Gasteiger partial charge in [-0.05, 0) is 24.0 Å². The molecule has 2 heteroatoms. The summed E-state index contributed by atoms with van der Waals surface area (Å²) in [6.45, 7) is 1.46. The molecular formula is C12H17NO. The molecule has 0 unspecified atom stereocenters. The molecule has 2 nitrogen and oxygen atoms in total. The van der Waals surface area contributed by atoms with E-state index in [1.54, 1.807) is 7.11 Å². The van der Waals surface area contributed by atoms with Crippen molar-refractivity contribution in [3.05, 3.63) is 35.4 Å². The Morgan fingerprint density at radius 2 is 2.21 bits per heavy atom. The van der Waals surface area contributed by atoms with Gasteiger partial charge in [-0.25, -0.2) is 0 Å². The van der Waals surface area contributed by atoms with Gasteiger partial charge in [-0.2, -0.15) is 0 Å². The molecule has 0 aromatic heterocycles. The lowest BCUT2D eigenvalue weighted by atomic mass is 9.95. The van der Waals surface area contributed by atoms with Crippen LogP contribution in [-0.2, 0) is 16.8 Å². The highest BCUT2D eigenvalue weighted by molar-refractivity contribution is 5.34. The number of ether oxygens (including phenoxy) is 1. The Bertz CT molecular complexity index is 318. The third-order valence-electron chi connectivity index (χ3n) is 3.09. The molecule has 1 aliphatic rings. The van der Waals surface area contributed by atoms with Gasteiger partial charge in [0.1, 0.15) is 0 Å². The second kappa shape index (κ2) is 3.71. The molecule has 1 aliphatic carbocycles. The lowest BCUT2D eigenvalue weighted by molar-refractivity contribution is 0.185. The van der Waals surface area contributed by atoms with Gasteiger partial charge in [-0.3, -0.25) is 0 Å². The number of rotatable bonds is 4. The molecule has 14 heavy (non-hydrogen) atoms. The molecule has 0 spiro atoms. The Kier molecular flexibility index (Phi) is 2.57. The van der Waals surface area contributed by atoms with Gasteiger partial charge in [0.25, 0.3) is 0 Å². The molecule has 0 aliphatic heterocycles. The van der Waals surface area contributed by atoms with Crippen molar-refractivity contribution in [2.75, 3.05) is 13.7 Å². The summed E-state index contributed by atoms with van der Waals surface area (Å²) in [6, 6.07) is 8.60. The normalized spacial score (nSPS) is 18.1. The molecular weight excluding hydrogens is 174 g/mol. The minimum absolute atomic E-state index is 0.295. The predicted octanol–water partition coefficient (Wildman–Crippen LogP) is 1.82. The third kappa shape index (κ3) is 1.68. The van der Waals surface area contributed by atoms with Crippen LogP contribution in [0.2, 0.25) is 0 Å². The van der Waals surface area contributed by atoms with Crippen LogP contribution in [0.1, 0.15) is 24.0 Å². The summed E-state index contributed by atoms with van der Waals surface area (Å²) in [5, 5.41) is 0. The fourth-order valence-corrected chi connectivity index (χ4v) is 1.92. The van der Waals surface area contributed by atoms with Crippen molar-refractivity contribution in [1.29, 1.82) is 0 Å². The molecule has 0 bridgehead atoms. The van der Waals surface area contributed by atoms with Gasteiger partial charge in [0, 0.05) is 19.1 Å². The molecule has 1 saturated carbocycles. The standard InChI is InChI=1S/C12H17NO/c1-14-8-10-3-2-4-11(7-10)12(9-13)5-6-12/h2-4,7H,5-6,8-9,13H2,1H3. The number of hydrogen-bond donors (Lipinski definition) is 1. The van der Waals surface area contributed by atoms with Gasteiger partial charge < -0.3 is 10.5 Å². The van der Waals surface area contributed by atoms with Crippen molar-refractivity contribution >= 4 is 0 Å². The van der Waals surface area contributed by atoms with E-state index >= 15 is 0 Å². The van der Waals surface area contributed by atoms with Crippen LogP contribution in [0.3, 0.4) is 0 Å². The zero-order valence-corrected chi connectivity index (χ0v) is 8.62. The van der Waals surface area contributed by atoms with E-state index in [-0.39, 0.29) is 0 Å². The second-order valence-corrected chi connectivity index (χ2v) is 4.12. The van der Waals surface area contributed by atoms with E-state index in [9.17, 15) is 0 Å². The fraction of sp³-hybridized carbons (Fsp3) is 0.500. The van der Waals surface area contributed by atoms with Crippen molar-refractivity contribution in [1.82, 2.24) is 0 Å². The second-order valence-electron chi connectivity index (χ2n) is 4.12. The van der Waals surface area contributed by atoms with Crippen LogP contribution in [0.15, 0.2) is 24.3 Å². The summed E-state index contributed by atoms with van der Waals surface area (Å²) in [6.07, 6.45) is 2.47. The highest BCUT2D eigenvalue weighted by Gasteiger charge is 2.42. The van der Waals surface area contributed by atoms with Crippen molar-refractivity contribution in [3.8, 4) is 0 Å². The van der Waals surface area contributed by atoms with Gasteiger partial charge >= 0.3 is 0 Å². The maximum atomic E-state index is 5.79. The van der Waals surface area contributed by atoms with Gasteiger partial charge in [0.15, 0.2) is 0 Å². The maximum Gasteiger partial charge on any atom is 0.0713 e. The zero-order valence-electron chi connectivity index (χ0n) is 8.62. The first-order chi connectivity index (χ1) is 6.80. The minimum Gasteiger partial charge on any atom is -0.380 e. The van der Waals surface area contributed by atoms with E-state index in [0.29, 0.717) is 12.0 Å². The molecule has 0 amide bonds. The average molecular weight is 191 g/mol. The van der Waals surface area contributed by atoms with Gasteiger partial charge in [-0.1, -0.05) is 24.3 Å². The Morgan fingerprint density at radius 3 is 2.79 bits per heavy atom.